The maximum Gasteiger partial charge on any atom is 0.146 e. The standard InChI is InChI=1S/C24H21N5/c1-2-12-29-14-19(22-23(25)26-15-27-24(22)29)18-9-8-17-10-11-20(28-21(17)13-18)16-6-4-3-5-7-16/h3-11,13-15H,2,12H2,1H3,(H2,25,26,27). The maximum absolute atomic E-state index is 6.24. The lowest BCUT2D eigenvalue weighted by atomic mass is 10.0. The molecule has 5 aromatic rings. The summed E-state index contributed by atoms with van der Waals surface area (Å²) in [7, 11) is 0. The normalized spacial score (nSPS) is 11.3. The Morgan fingerprint density at radius 2 is 1.76 bits per heavy atom. The summed E-state index contributed by atoms with van der Waals surface area (Å²) in [6, 6.07) is 20.8. The smallest absolute Gasteiger partial charge is 0.146 e. The first-order chi connectivity index (χ1) is 14.2. The number of nitrogen functional groups attached to an aromatic ring is 1. The van der Waals surface area contributed by atoms with Gasteiger partial charge in [0.2, 0.25) is 0 Å². The van der Waals surface area contributed by atoms with E-state index >= 15 is 0 Å². The highest BCUT2D eigenvalue weighted by molar-refractivity contribution is 6.02. The first-order valence-corrected chi connectivity index (χ1v) is 9.80. The van der Waals surface area contributed by atoms with E-state index in [4.69, 9.17) is 10.7 Å². The first kappa shape index (κ1) is 17.4. The third-order valence-corrected chi connectivity index (χ3v) is 5.22. The molecule has 0 atom stereocenters. The maximum atomic E-state index is 6.24. The molecule has 0 saturated heterocycles. The topological polar surface area (TPSA) is 69.6 Å². The van der Waals surface area contributed by atoms with E-state index in [9.17, 15) is 0 Å². The van der Waals surface area contributed by atoms with Crippen LogP contribution in [0.25, 0.3) is 44.3 Å². The second-order valence-corrected chi connectivity index (χ2v) is 7.16. The third kappa shape index (κ3) is 3.01. The molecule has 5 heteroatoms. The Hall–Kier alpha value is -3.73. The van der Waals surface area contributed by atoms with E-state index in [0.29, 0.717) is 5.82 Å². The highest BCUT2D eigenvalue weighted by Crippen LogP contribution is 2.34. The molecule has 0 aliphatic carbocycles. The zero-order valence-electron chi connectivity index (χ0n) is 16.2. The van der Waals surface area contributed by atoms with Gasteiger partial charge in [0, 0.05) is 29.3 Å². The van der Waals surface area contributed by atoms with Crippen LogP contribution in [0, 0.1) is 0 Å². The summed E-state index contributed by atoms with van der Waals surface area (Å²) in [6.07, 6.45) is 4.68. The molecule has 2 N–H and O–H groups in total. The molecule has 29 heavy (non-hydrogen) atoms. The van der Waals surface area contributed by atoms with E-state index in [1.807, 2.05) is 18.2 Å². The minimum absolute atomic E-state index is 0.506. The molecule has 0 fully saturated rings. The van der Waals surface area contributed by atoms with Gasteiger partial charge in [0.25, 0.3) is 0 Å². The van der Waals surface area contributed by atoms with Crippen LogP contribution in [-0.4, -0.2) is 19.5 Å². The lowest BCUT2D eigenvalue weighted by Crippen LogP contribution is -1.98. The molecule has 3 aromatic heterocycles. The Morgan fingerprint density at radius 3 is 2.59 bits per heavy atom. The van der Waals surface area contributed by atoms with Crippen LogP contribution < -0.4 is 5.73 Å². The summed E-state index contributed by atoms with van der Waals surface area (Å²) in [4.78, 5) is 13.6. The molecular weight excluding hydrogens is 358 g/mol. The van der Waals surface area contributed by atoms with Gasteiger partial charge in [0.1, 0.15) is 17.8 Å². The van der Waals surface area contributed by atoms with E-state index < -0.39 is 0 Å². The fourth-order valence-electron chi connectivity index (χ4n) is 3.83. The predicted octanol–water partition coefficient (Wildman–Crippen LogP) is 5.31. The van der Waals surface area contributed by atoms with Crippen molar-refractivity contribution in [1.82, 2.24) is 19.5 Å². The van der Waals surface area contributed by atoms with E-state index in [0.717, 1.165) is 57.3 Å². The number of nitrogens with two attached hydrogens (primary N) is 1. The molecule has 5 nitrogen and oxygen atoms in total. The molecule has 0 bridgehead atoms. The Morgan fingerprint density at radius 1 is 0.931 bits per heavy atom. The minimum Gasteiger partial charge on any atom is -0.383 e. The van der Waals surface area contributed by atoms with Crippen molar-refractivity contribution in [3.8, 4) is 22.4 Å². The number of anilines is 1. The van der Waals surface area contributed by atoms with Crippen LogP contribution in [0.2, 0.25) is 0 Å². The molecule has 3 heterocycles. The molecule has 0 aliphatic heterocycles. The van der Waals surface area contributed by atoms with Crippen LogP contribution in [0.4, 0.5) is 5.82 Å². The van der Waals surface area contributed by atoms with Gasteiger partial charge < -0.3 is 10.3 Å². The number of aromatic nitrogens is 4. The SMILES string of the molecule is CCCn1cc(-c2ccc3ccc(-c4ccccc4)nc3c2)c2c(N)ncnc21. The molecule has 0 radical (unpaired) electrons. The predicted molar refractivity (Wildman–Crippen MR) is 118 cm³/mol. The van der Waals surface area contributed by atoms with Gasteiger partial charge in [0.05, 0.1) is 16.6 Å². The third-order valence-electron chi connectivity index (χ3n) is 5.22. The van der Waals surface area contributed by atoms with E-state index in [1.54, 1.807) is 0 Å². The minimum atomic E-state index is 0.506. The van der Waals surface area contributed by atoms with Crippen molar-refractivity contribution in [1.29, 1.82) is 0 Å². The molecular formula is C24H21N5. The number of aryl methyl sites for hydroxylation is 1. The van der Waals surface area contributed by atoms with Crippen molar-refractivity contribution in [3.05, 3.63) is 73.2 Å². The van der Waals surface area contributed by atoms with Crippen LogP contribution in [0.3, 0.4) is 0 Å². The van der Waals surface area contributed by atoms with Gasteiger partial charge in [-0.25, -0.2) is 15.0 Å². The summed E-state index contributed by atoms with van der Waals surface area (Å²) in [5, 5.41) is 2.01. The molecule has 2 aromatic carbocycles. The van der Waals surface area contributed by atoms with Crippen LogP contribution in [0.1, 0.15) is 13.3 Å². The van der Waals surface area contributed by atoms with Gasteiger partial charge in [-0.3, -0.25) is 0 Å². The molecule has 0 aliphatic rings. The fourth-order valence-corrected chi connectivity index (χ4v) is 3.83. The average molecular weight is 379 g/mol. The second kappa shape index (κ2) is 7.02. The summed E-state index contributed by atoms with van der Waals surface area (Å²) < 4.78 is 2.15. The molecule has 0 unspecified atom stereocenters. The molecule has 0 spiro atoms. The first-order valence-electron chi connectivity index (χ1n) is 9.80. The number of benzene rings is 2. The highest BCUT2D eigenvalue weighted by Gasteiger charge is 2.15. The van der Waals surface area contributed by atoms with Crippen molar-refractivity contribution >= 4 is 27.8 Å². The van der Waals surface area contributed by atoms with Crippen molar-refractivity contribution in [2.24, 2.45) is 0 Å². The number of pyridine rings is 1. The Kier molecular flexibility index (Phi) is 4.21. The van der Waals surface area contributed by atoms with Crippen LogP contribution in [0.15, 0.2) is 73.2 Å². The van der Waals surface area contributed by atoms with Gasteiger partial charge in [-0.15, -0.1) is 0 Å². The van der Waals surface area contributed by atoms with Crippen molar-refractivity contribution in [2.45, 2.75) is 19.9 Å². The number of hydrogen-bond acceptors (Lipinski definition) is 4. The number of hydrogen-bond donors (Lipinski definition) is 1. The quantitative estimate of drug-likeness (QED) is 0.460. The van der Waals surface area contributed by atoms with Crippen LogP contribution >= 0.6 is 0 Å². The van der Waals surface area contributed by atoms with Gasteiger partial charge >= 0.3 is 0 Å². The average Bonchev–Trinajstić information content (AvgIpc) is 3.14. The van der Waals surface area contributed by atoms with Crippen LogP contribution in [0.5, 0.6) is 0 Å². The van der Waals surface area contributed by atoms with Gasteiger partial charge in [-0.05, 0) is 24.1 Å². The van der Waals surface area contributed by atoms with Crippen molar-refractivity contribution in [2.75, 3.05) is 5.73 Å². The zero-order valence-corrected chi connectivity index (χ0v) is 16.2. The zero-order chi connectivity index (χ0) is 19.8. The van der Waals surface area contributed by atoms with Crippen molar-refractivity contribution in [3.63, 3.8) is 0 Å². The number of fused-ring (bicyclic) bond motifs is 2. The Labute approximate surface area is 168 Å². The lowest BCUT2D eigenvalue weighted by Gasteiger charge is -2.06. The van der Waals surface area contributed by atoms with Gasteiger partial charge in [-0.2, -0.15) is 0 Å². The summed E-state index contributed by atoms with van der Waals surface area (Å²) in [5.74, 6) is 0.506. The summed E-state index contributed by atoms with van der Waals surface area (Å²) in [6.45, 7) is 3.04. The second-order valence-electron chi connectivity index (χ2n) is 7.16. The Balaban J connectivity index is 1.69. The van der Waals surface area contributed by atoms with E-state index in [1.165, 1.54) is 6.33 Å². The Bertz CT molecular complexity index is 1320. The lowest BCUT2D eigenvalue weighted by molar-refractivity contribution is 0.697. The highest BCUT2D eigenvalue weighted by atomic mass is 15.1. The molecule has 0 saturated carbocycles. The number of nitrogens with zero attached hydrogens (tertiary/aromatic N) is 4. The van der Waals surface area contributed by atoms with Gasteiger partial charge in [0.15, 0.2) is 0 Å². The molecule has 5 rings (SSSR count). The number of rotatable bonds is 4. The van der Waals surface area contributed by atoms with E-state index in [2.05, 4.69) is 70.1 Å². The van der Waals surface area contributed by atoms with E-state index in [-0.39, 0.29) is 0 Å². The molecule has 142 valence electrons. The van der Waals surface area contributed by atoms with Crippen LogP contribution in [-0.2, 0) is 6.54 Å². The molecule has 0 amide bonds. The monoisotopic (exact) mass is 379 g/mol. The summed E-state index contributed by atoms with van der Waals surface area (Å²) in [5.41, 5.74) is 12.2. The fraction of sp³-hybridized carbons (Fsp3) is 0.125. The summed E-state index contributed by atoms with van der Waals surface area (Å²) >= 11 is 0. The largest absolute Gasteiger partial charge is 0.383 e. The van der Waals surface area contributed by atoms with Crippen molar-refractivity contribution < 1.29 is 0 Å². The van der Waals surface area contributed by atoms with Gasteiger partial charge in [-0.1, -0.05) is 55.5 Å².